The maximum Gasteiger partial charge on any atom is 0.408 e. The molecule has 0 saturated heterocycles. The van der Waals surface area contributed by atoms with Crippen LogP contribution in [-0.2, 0) is 16.1 Å². The molecule has 0 unspecified atom stereocenters. The van der Waals surface area contributed by atoms with Crippen LogP contribution in [0.3, 0.4) is 0 Å². The Balaban J connectivity index is 2.37. The summed E-state index contributed by atoms with van der Waals surface area (Å²) in [6, 6.07) is 7.93. The fourth-order valence-corrected chi connectivity index (χ4v) is 1.28. The van der Waals surface area contributed by atoms with Crippen molar-refractivity contribution in [2.45, 2.75) is 12.6 Å². The number of halogens is 1. The lowest BCUT2D eigenvalue weighted by Gasteiger charge is -2.11. The van der Waals surface area contributed by atoms with Crippen molar-refractivity contribution in [1.29, 1.82) is 0 Å². The Morgan fingerprint density at radius 2 is 2.00 bits per heavy atom. The SMILES string of the molecule is O=C(N[C@H](CCl)C(=O)O)OCc1ccccc1. The maximum atomic E-state index is 11.2. The van der Waals surface area contributed by atoms with Gasteiger partial charge >= 0.3 is 12.1 Å². The molecule has 2 N–H and O–H groups in total. The van der Waals surface area contributed by atoms with Crippen LogP contribution in [0, 0.1) is 0 Å². The van der Waals surface area contributed by atoms with E-state index in [1.54, 1.807) is 12.1 Å². The molecule has 0 radical (unpaired) electrons. The van der Waals surface area contributed by atoms with Crippen molar-refractivity contribution in [2.24, 2.45) is 0 Å². The minimum Gasteiger partial charge on any atom is -0.480 e. The van der Waals surface area contributed by atoms with Crippen LogP contribution in [0.2, 0.25) is 0 Å². The summed E-state index contributed by atoms with van der Waals surface area (Å²) in [6.45, 7) is 0.0846. The number of rotatable bonds is 5. The summed E-state index contributed by atoms with van der Waals surface area (Å²) in [7, 11) is 0. The molecule has 0 fully saturated rings. The summed E-state index contributed by atoms with van der Waals surface area (Å²) < 4.78 is 4.84. The second-order valence-electron chi connectivity index (χ2n) is 3.25. The first kappa shape index (κ1) is 13.3. The number of amides is 1. The van der Waals surface area contributed by atoms with Crippen LogP contribution in [0.15, 0.2) is 30.3 Å². The molecular weight excluding hydrogens is 246 g/mol. The van der Waals surface area contributed by atoms with Gasteiger partial charge in [0.05, 0.1) is 5.88 Å². The van der Waals surface area contributed by atoms with Gasteiger partial charge in [0.25, 0.3) is 0 Å². The van der Waals surface area contributed by atoms with Gasteiger partial charge in [-0.15, -0.1) is 11.6 Å². The predicted molar refractivity (Wildman–Crippen MR) is 61.9 cm³/mol. The molecule has 17 heavy (non-hydrogen) atoms. The third-order valence-electron chi connectivity index (χ3n) is 1.96. The van der Waals surface area contributed by atoms with Gasteiger partial charge in [0.2, 0.25) is 0 Å². The first-order chi connectivity index (χ1) is 8.13. The molecule has 0 aromatic heterocycles. The summed E-state index contributed by atoms with van der Waals surface area (Å²) in [5.41, 5.74) is 0.820. The van der Waals surface area contributed by atoms with E-state index in [1.807, 2.05) is 18.2 Å². The number of hydrogen-bond acceptors (Lipinski definition) is 3. The molecule has 1 aromatic carbocycles. The molecule has 1 rings (SSSR count). The van der Waals surface area contributed by atoms with Crippen LogP contribution in [0.5, 0.6) is 0 Å². The van der Waals surface area contributed by atoms with Gasteiger partial charge in [-0.25, -0.2) is 9.59 Å². The predicted octanol–water partition coefficient (Wildman–Crippen LogP) is 1.60. The van der Waals surface area contributed by atoms with Crippen molar-refractivity contribution in [2.75, 3.05) is 5.88 Å². The number of aliphatic carboxylic acids is 1. The summed E-state index contributed by atoms with van der Waals surface area (Å²) >= 11 is 5.37. The van der Waals surface area contributed by atoms with Crippen LogP contribution >= 0.6 is 11.6 Å². The van der Waals surface area contributed by atoms with Gasteiger partial charge < -0.3 is 15.2 Å². The number of carbonyl (C=O) groups is 2. The van der Waals surface area contributed by atoms with Gasteiger partial charge in [0.15, 0.2) is 0 Å². The van der Waals surface area contributed by atoms with E-state index in [4.69, 9.17) is 21.4 Å². The fraction of sp³-hybridized carbons (Fsp3) is 0.273. The Hall–Kier alpha value is -1.75. The zero-order valence-corrected chi connectivity index (χ0v) is 9.68. The van der Waals surface area contributed by atoms with Crippen LogP contribution in [0.4, 0.5) is 4.79 Å². The normalized spacial score (nSPS) is 11.6. The van der Waals surface area contributed by atoms with Gasteiger partial charge in [-0.2, -0.15) is 0 Å². The molecule has 5 nitrogen and oxygen atoms in total. The molecule has 0 bridgehead atoms. The van der Waals surface area contributed by atoms with Crippen molar-refractivity contribution < 1.29 is 19.4 Å². The molecule has 1 amide bonds. The number of ether oxygens (including phenoxy) is 1. The number of nitrogens with one attached hydrogen (secondary N) is 1. The van der Waals surface area contributed by atoms with E-state index in [-0.39, 0.29) is 12.5 Å². The van der Waals surface area contributed by atoms with Crippen LogP contribution in [0.25, 0.3) is 0 Å². The van der Waals surface area contributed by atoms with Crippen LogP contribution < -0.4 is 5.32 Å². The second-order valence-corrected chi connectivity index (χ2v) is 3.56. The maximum absolute atomic E-state index is 11.2. The summed E-state index contributed by atoms with van der Waals surface area (Å²) in [5.74, 6) is -1.41. The van der Waals surface area contributed by atoms with Crippen molar-refractivity contribution in [3.63, 3.8) is 0 Å². The number of benzene rings is 1. The highest BCUT2D eigenvalue weighted by Gasteiger charge is 2.19. The Kier molecular flexibility index (Phi) is 5.29. The summed E-state index contributed by atoms with van der Waals surface area (Å²) in [4.78, 5) is 21.8. The number of carbonyl (C=O) groups excluding carboxylic acids is 1. The first-order valence-corrected chi connectivity index (χ1v) is 5.43. The van der Waals surface area contributed by atoms with Crippen molar-refractivity contribution >= 4 is 23.7 Å². The molecule has 0 aliphatic heterocycles. The number of alkyl carbamates (subject to hydrolysis) is 1. The molecule has 0 saturated carbocycles. The average Bonchev–Trinajstić information content (AvgIpc) is 2.34. The largest absolute Gasteiger partial charge is 0.480 e. The van der Waals surface area contributed by atoms with Crippen molar-refractivity contribution in [3.8, 4) is 0 Å². The molecule has 92 valence electrons. The lowest BCUT2D eigenvalue weighted by molar-refractivity contribution is -0.138. The smallest absolute Gasteiger partial charge is 0.408 e. The van der Waals surface area contributed by atoms with Gasteiger partial charge in [-0.3, -0.25) is 0 Å². The van der Waals surface area contributed by atoms with Crippen molar-refractivity contribution in [3.05, 3.63) is 35.9 Å². The molecule has 0 heterocycles. The molecule has 1 atom stereocenters. The number of alkyl halides is 1. The Morgan fingerprint density at radius 3 is 2.53 bits per heavy atom. The lowest BCUT2D eigenvalue weighted by atomic mass is 10.2. The van der Waals surface area contributed by atoms with Crippen LogP contribution in [0.1, 0.15) is 5.56 Å². The standard InChI is InChI=1S/C11H12ClNO4/c12-6-9(10(14)15)13-11(16)17-7-8-4-2-1-3-5-8/h1-5,9H,6-7H2,(H,13,16)(H,14,15)/t9-/m1/s1. The fourth-order valence-electron chi connectivity index (χ4n) is 1.07. The number of carboxylic acids is 1. The van der Waals surface area contributed by atoms with Gasteiger partial charge in [-0.1, -0.05) is 30.3 Å². The zero-order chi connectivity index (χ0) is 12.7. The number of hydrogen-bond donors (Lipinski definition) is 2. The quantitative estimate of drug-likeness (QED) is 0.786. The highest BCUT2D eigenvalue weighted by Crippen LogP contribution is 2.01. The molecule has 0 aliphatic rings. The Labute approximate surface area is 103 Å². The van der Waals surface area contributed by atoms with Crippen LogP contribution in [-0.4, -0.2) is 29.1 Å². The first-order valence-electron chi connectivity index (χ1n) is 4.89. The molecule has 6 heteroatoms. The summed E-state index contributed by atoms with van der Waals surface area (Å²) in [6.07, 6.45) is -0.804. The van der Waals surface area contributed by atoms with E-state index >= 15 is 0 Å². The van der Waals surface area contributed by atoms with Gasteiger partial charge in [0.1, 0.15) is 12.6 Å². The Bertz CT molecular complexity index is 382. The molecular formula is C11H12ClNO4. The third kappa shape index (κ3) is 4.74. The third-order valence-corrected chi connectivity index (χ3v) is 2.27. The zero-order valence-electron chi connectivity index (χ0n) is 8.93. The lowest BCUT2D eigenvalue weighted by Crippen LogP contribution is -2.42. The molecule has 0 spiro atoms. The van der Waals surface area contributed by atoms with E-state index in [9.17, 15) is 9.59 Å². The minimum atomic E-state index is -1.20. The van der Waals surface area contributed by atoms with E-state index in [2.05, 4.69) is 5.32 Å². The minimum absolute atomic E-state index is 0.0846. The monoisotopic (exact) mass is 257 g/mol. The highest BCUT2D eigenvalue weighted by molar-refractivity contribution is 6.19. The van der Waals surface area contributed by atoms with E-state index in [1.165, 1.54) is 0 Å². The van der Waals surface area contributed by atoms with Crippen molar-refractivity contribution in [1.82, 2.24) is 5.32 Å². The van der Waals surface area contributed by atoms with E-state index < -0.39 is 18.1 Å². The average molecular weight is 258 g/mol. The van der Waals surface area contributed by atoms with Gasteiger partial charge in [-0.05, 0) is 5.56 Å². The number of carboxylic acid groups (broad SMARTS) is 1. The molecule has 0 aliphatic carbocycles. The second kappa shape index (κ2) is 6.75. The van der Waals surface area contributed by atoms with E-state index in [0.717, 1.165) is 5.56 Å². The van der Waals surface area contributed by atoms with E-state index in [0.29, 0.717) is 0 Å². The summed E-state index contributed by atoms with van der Waals surface area (Å²) in [5, 5.41) is 10.8. The topological polar surface area (TPSA) is 75.6 Å². The Morgan fingerprint density at radius 1 is 1.35 bits per heavy atom. The molecule has 1 aromatic rings. The van der Waals surface area contributed by atoms with Gasteiger partial charge in [0, 0.05) is 0 Å². The highest BCUT2D eigenvalue weighted by atomic mass is 35.5.